The van der Waals surface area contributed by atoms with Crippen molar-refractivity contribution in [1.82, 2.24) is 0 Å². The van der Waals surface area contributed by atoms with Gasteiger partial charge in [-0.05, 0) is 41.7 Å². The van der Waals surface area contributed by atoms with Crippen LogP contribution < -0.4 is 0 Å². The van der Waals surface area contributed by atoms with Crippen molar-refractivity contribution in [2.45, 2.75) is 24.9 Å². The number of aryl methyl sites for hydroxylation is 1. The third-order valence-corrected chi connectivity index (χ3v) is 4.00. The minimum Gasteiger partial charge on any atom is -0.388 e. The first-order valence-corrected chi connectivity index (χ1v) is 6.65. The highest BCUT2D eigenvalue weighted by Crippen LogP contribution is 2.41. The third-order valence-electron chi connectivity index (χ3n) is 3.76. The van der Waals surface area contributed by atoms with E-state index in [2.05, 4.69) is 12.1 Å². The zero-order valence-electron chi connectivity index (χ0n) is 10.0. The Bertz CT molecular complexity index is 550. The fourth-order valence-corrected chi connectivity index (χ4v) is 2.98. The molecule has 0 bridgehead atoms. The minimum atomic E-state index is -0.449. The molecular weight excluding hydrogens is 244 g/mol. The summed E-state index contributed by atoms with van der Waals surface area (Å²) in [4.78, 5) is 0. The first-order chi connectivity index (χ1) is 8.75. The van der Waals surface area contributed by atoms with Crippen molar-refractivity contribution < 1.29 is 5.11 Å². The molecule has 0 spiro atoms. The lowest BCUT2D eigenvalue weighted by molar-refractivity contribution is 0.131. The molecule has 18 heavy (non-hydrogen) atoms. The molecule has 0 aliphatic heterocycles. The van der Waals surface area contributed by atoms with E-state index in [0.717, 1.165) is 18.4 Å². The fourth-order valence-electron chi connectivity index (χ4n) is 2.80. The Morgan fingerprint density at radius 3 is 2.61 bits per heavy atom. The number of aliphatic hydroxyl groups excluding tert-OH is 1. The molecule has 0 aromatic heterocycles. The van der Waals surface area contributed by atoms with E-state index in [1.807, 2.05) is 36.4 Å². The van der Waals surface area contributed by atoms with Crippen molar-refractivity contribution in [2.24, 2.45) is 0 Å². The number of hydrogen-bond donors (Lipinski definition) is 1. The van der Waals surface area contributed by atoms with Crippen molar-refractivity contribution in [1.29, 1.82) is 0 Å². The van der Waals surface area contributed by atoms with Crippen molar-refractivity contribution in [2.75, 3.05) is 0 Å². The molecule has 2 unspecified atom stereocenters. The molecule has 1 N–H and O–H groups in total. The summed E-state index contributed by atoms with van der Waals surface area (Å²) in [6, 6.07) is 16.1. The van der Waals surface area contributed by atoms with Gasteiger partial charge in [0.2, 0.25) is 0 Å². The van der Waals surface area contributed by atoms with E-state index in [0.29, 0.717) is 5.02 Å². The summed E-state index contributed by atoms with van der Waals surface area (Å²) in [6.45, 7) is 0. The molecule has 0 radical (unpaired) electrons. The van der Waals surface area contributed by atoms with Gasteiger partial charge in [0.05, 0.1) is 6.10 Å². The number of hydrogen-bond acceptors (Lipinski definition) is 1. The minimum absolute atomic E-state index is 0.178. The van der Waals surface area contributed by atoms with E-state index in [1.165, 1.54) is 11.1 Å². The second-order valence-electron chi connectivity index (χ2n) is 4.84. The Labute approximate surface area is 112 Å². The van der Waals surface area contributed by atoms with Crippen LogP contribution in [0.3, 0.4) is 0 Å². The standard InChI is InChI=1S/C16H15ClO/c17-13-8-6-12-7-9-14(16(18)15(12)10-13)11-4-2-1-3-5-11/h1-6,8,10,14,16,18H,7,9H2. The summed E-state index contributed by atoms with van der Waals surface area (Å²) in [6.07, 6.45) is 1.54. The predicted octanol–water partition coefficient (Wildman–Crippen LogP) is 4.10. The van der Waals surface area contributed by atoms with Gasteiger partial charge in [0.25, 0.3) is 0 Å². The molecule has 2 aromatic rings. The highest BCUT2D eigenvalue weighted by molar-refractivity contribution is 6.30. The summed E-state index contributed by atoms with van der Waals surface area (Å²) in [5.41, 5.74) is 3.41. The van der Waals surface area contributed by atoms with E-state index >= 15 is 0 Å². The van der Waals surface area contributed by atoms with Crippen molar-refractivity contribution in [3.8, 4) is 0 Å². The van der Waals surface area contributed by atoms with Crippen LogP contribution in [0.2, 0.25) is 5.02 Å². The highest BCUT2D eigenvalue weighted by atomic mass is 35.5. The summed E-state index contributed by atoms with van der Waals surface area (Å²) < 4.78 is 0. The predicted molar refractivity (Wildman–Crippen MR) is 73.9 cm³/mol. The van der Waals surface area contributed by atoms with Crippen LogP contribution in [0.5, 0.6) is 0 Å². The molecule has 1 aliphatic carbocycles. The fraction of sp³-hybridized carbons (Fsp3) is 0.250. The Morgan fingerprint density at radius 1 is 1.06 bits per heavy atom. The molecular formula is C16H15ClO. The topological polar surface area (TPSA) is 20.2 Å². The van der Waals surface area contributed by atoms with Gasteiger partial charge < -0.3 is 5.11 Å². The second-order valence-corrected chi connectivity index (χ2v) is 5.28. The van der Waals surface area contributed by atoms with E-state index in [4.69, 9.17) is 11.6 Å². The molecule has 2 atom stereocenters. The van der Waals surface area contributed by atoms with Crippen LogP contribution in [0.15, 0.2) is 48.5 Å². The Morgan fingerprint density at radius 2 is 1.83 bits per heavy atom. The molecule has 3 rings (SSSR count). The molecule has 1 nitrogen and oxygen atoms in total. The molecule has 0 amide bonds. The van der Waals surface area contributed by atoms with E-state index in [-0.39, 0.29) is 5.92 Å². The first-order valence-electron chi connectivity index (χ1n) is 6.27. The normalized spacial score (nSPS) is 22.6. The lowest BCUT2D eigenvalue weighted by Gasteiger charge is -2.30. The van der Waals surface area contributed by atoms with Gasteiger partial charge in [0.1, 0.15) is 0 Å². The molecule has 2 heteroatoms. The van der Waals surface area contributed by atoms with Crippen molar-refractivity contribution in [3.05, 3.63) is 70.2 Å². The Balaban J connectivity index is 1.99. The molecule has 0 fully saturated rings. The van der Waals surface area contributed by atoms with Crippen LogP contribution in [0, 0.1) is 0 Å². The van der Waals surface area contributed by atoms with E-state index in [9.17, 15) is 5.11 Å². The molecule has 0 saturated heterocycles. The van der Waals surface area contributed by atoms with Gasteiger partial charge in [-0.3, -0.25) is 0 Å². The molecule has 92 valence electrons. The molecule has 1 aliphatic rings. The number of fused-ring (bicyclic) bond motifs is 1. The lowest BCUT2D eigenvalue weighted by Crippen LogP contribution is -2.18. The summed E-state index contributed by atoms with van der Waals surface area (Å²) in [5, 5.41) is 11.2. The van der Waals surface area contributed by atoms with E-state index in [1.54, 1.807) is 0 Å². The second kappa shape index (κ2) is 4.75. The third kappa shape index (κ3) is 2.05. The quantitative estimate of drug-likeness (QED) is 0.816. The summed E-state index contributed by atoms with van der Waals surface area (Å²) >= 11 is 6.02. The van der Waals surface area contributed by atoms with Crippen LogP contribution in [-0.4, -0.2) is 5.11 Å². The maximum Gasteiger partial charge on any atom is 0.0861 e. The van der Waals surface area contributed by atoms with Gasteiger partial charge in [-0.25, -0.2) is 0 Å². The van der Waals surface area contributed by atoms with Gasteiger partial charge in [-0.2, -0.15) is 0 Å². The van der Waals surface area contributed by atoms with Gasteiger partial charge in [-0.1, -0.05) is 48.0 Å². The van der Waals surface area contributed by atoms with Gasteiger partial charge >= 0.3 is 0 Å². The van der Waals surface area contributed by atoms with Crippen LogP contribution in [0.1, 0.15) is 35.1 Å². The smallest absolute Gasteiger partial charge is 0.0861 e. The van der Waals surface area contributed by atoms with Crippen LogP contribution >= 0.6 is 11.6 Å². The van der Waals surface area contributed by atoms with Crippen molar-refractivity contribution >= 4 is 11.6 Å². The van der Waals surface area contributed by atoms with Crippen LogP contribution in [0.4, 0.5) is 0 Å². The zero-order chi connectivity index (χ0) is 12.5. The average Bonchev–Trinajstić information content (AvgIpc) is 2.41. The number of aliphatic hydroxyl groups is 1. The van der Waals surface area contributed by atoms with Crippen LogP contribution in [0.25, 0.3) is 0 Å². The van der Waals surface area contributed by atoms with Crippen LogP contribution in [-0.2, 0) is 6.42 Å². The maximum atomic E-state index is 10.5. The highest BCUT2D eigenvalue weighted by Gasteiger charge is 2.28. The molecule has 2 aromatic carbocycles. The zero-order valence-corrected chi connectivity index (χ0v) is 10.8. The summed E-state index contributed by atoms with van der Waals surface area (Å²) in [5.74, 6) is 0.178. The number of rotatable bonds is 1. The van der Waals surface area contributed by atoms with Crippen molar-refractivity contribution in [3.63, 3.8) is 0 Å². The Hall–Kier alpha value is -1.31. The van der Waals surface area contributed by atoms with E-state index < -0.39 is 6.10 Å². The lowest BCUT2D eigenvalue weighted by atomic mass is 9.78. The largest absolute Gasteiger partial charge is 0.388 e. The average molecular weight is 259 g/mol. The van der Waals surface area contributed by atoms with Gasteiger partial charge in [-0.15, -0.1) is 0 Å². The SMILES string of the molecule is OC1c2cc(Cl)ccc2CCC1c1ccccc1. The molecule has 0 heterocycles. The first kappa shape index (κ1) is 11.8. The maximum absolute atomic E-state index is 10.5. The van der Waals surface area contributed by atoms with Gasteiger partial charge in [0.15, 0.2) is 0 Å². The number of benzene rings is 2. The van der Waals surface area contributed by atoms with Gasteiger partial charge in [0, 0.05) is 10.9 Å². The summed E-state index contributed by atoms with van der Waals surface area (Å²) in [7, 11) is 0. The number of halogens is 1. The molecule has 0 saturated carbocycles. The monoisotopic (exact) mass is 258 g/mol. The Kier molecular flexibility index (Phi) is 3.11.